The second kappa shape index (κ2) is 9.17. The molecule has 162 valence electrons. The highest BCUT2D eigenvalue weighted by Crippen LogP contribution is 2.28. The first-order valence-electron chi connectivity index (χ1n) is 10.1. The summed E-state index contributed by atoms with van der Waals surface area (Å²) in [5.74, 6) is 1.62. The van der Waals surface area contributed by atoms with Crippen LogP contribution in [-0.4, -0.2) is 33.6 Å². The molecule has 0 atom stereocenters. The maximum absolute atomic E-state index is 11.5. The highest BCUT2D eigenvalue weighted by Gasteiger charge is 2.11. The molecule has 4 aromatic rings. The molecule has 0 bridgehead atoms. The lowest BCUT2D eigenvalue weighted by Crippen LogP contribution is -2.09. The van der Waals surface area contributed by atoms with Crippen LogP contribution in [0.5, 0.6) is 5.75 Å². The van der Waals surface area contributed by atoms with Gasteiger partial charge in [0.05, 0.1) is 5.39 Å². The fraction of sp³-hybridized carbons (Fsp3) is 0.130. The maximum Gasteiger partial charge on any atom is 0.231 e. The van der Waals surface area contributed by atoms with Gasteiger partial charge in [0, 0.05) is 47.5 Å². The number of nitrogens with one attached hydrogen (secondary N) is 4. The molecule has 9 nitrogen and oxygen atoms in total. The molecule has 0 spiro atoms. The summed E-state index contributed by atoms with van der Waals surface area (Å²) >= 11 is 0. The summed E-state index contributed by atoms with van der Waals surface area (Å²) in [6.07, 6.45) is 3.44. The number of Topliss-reactive ketones (excluding diaryl/α,β-unsaturated/α-hetero) is 1. The van der Waals surface area contributed by atoms with Gasteiger partial charge in [-0.05, 0) is 36.4 Å². The molecule has 6 N–H and O–H groups in total. The summed E-state index contributed by atoms with van der Waals surface area (Å²) in [5, 5.41) is 14.6. The second-order valence-electron chi connectivity index (χ2n) is 7.08. The first-order chi connectivity index (χ1) is 15.6. The number of ether oxygens (including phenoxy) is 1. The van der Waals surface area contributed by atoms with Crippen molar-refractivity contribution in [1.82, 2.24) is 15.0 Å². The molecule has 0 aliphatic rings. The first kappa shape index (κ1) is 20.9. The van der Waals surface area contributed by atoms with E-state index in [0.717, 1.165) is 11.1 Å². The van der Waals surface area contributed by atoms with Gasteiger partial charge in [-0.25, -0.2) is 0 Å². The van der Waals surface area contributed by atoms with E-state index in [0.29, 0.717) is 46.5 Å². The first-order valence-corrected chi connectivity index (χ1v) is 10.1. The monoisotopic (exact) mass is 429 g/mol. The molecule has 0 radical (unpaired) electrons. The van der Waals surface area contributed by atoms with Crippen LogP contribution >= 0.6 is 0 Å². The van der Waals surface area contributed by atoms with Gasteiger partial charge in [-0.2, -0.15) is 9.97 Å². The van der Waals surface area contributed by atoms with E-state index in [-0.39, 0.29) is 12.4 Å². The molecule has 0 saturated heterocycles. The van der Waals surface area contributed by atoms with Crippen LogP contribution in [0.15, 0.2) is 54.7 Å². The van der Waals surface area contributed by atoms with Crippen molar-refractivity contribution in [2.24, 2.45) is 0 Å². The number of benzene rings is 2. The van der Waals surface area contributed by atoms with Crippen LogP contribution in [0.25, 0.3) is 11.0 Å². The van der Waals surface area contributed by atoms with Crippen molar-refractivity contribution in [3.05, 3.63) is 60.3 Å². The number of ketones is 1. The third-order valence-electron chi connectivity index (χ3n) is 4.81. The van der Waals surface area contributed by atoms with Gasteiger partial charge >= 0.3 is 0 Å². The van der Waals surface area contributed by atoms with Gasteiger partial charge in [-0.3, -0.25) is 4.79 Å². The Kier molecular flexibility index (Phi) is 5.98. The van der Waals surface area contributed by atoms with E-state index >= 15 is 0 Å². The average Bonchev–Trinajstić information content (AvgIpc) is 3.27. The molecule has 2 heterocycles. The Bertz CT molecular complexity index is 1280. The van der Waals surface area contributed by atoms with Crippen LogP contribution in [0.4, 0.5) is 28.8 Å². The zero-order valence-corrected chi connectivity index (χ0v) is 17.5. The van der Waals surface area contributed by atoms with Gasteiger partial charge in [0.15, 0.2) is 5.78 Å². The number of nitrogens with two attached hydrogens (primary N) is 1. The summed E-state index contributed by atoms with van der Waals surface area (Å²) < 4.78 is 5.57. The van der Waals surface area contributed by atoms with Crippen molar-refractivity contribution in [2.75, 3.05) is 23.0 Å². The number of hydrogen-bond donors (Lipinski definition) is 5. The molecular formula is C23H23N7O2. The molecule has 2 aromatic carbocycles. The quantitative estimate of drug-likeness (QED) is 0.196. The minimum absolute atomic E-state index is 0.0400. The van der Waals surface area contributed by atoms with Gasteiger partial charge in [-0.1, -0.05) is 13.0 Å². The standard InChI is InChI=1S/C23H23N7O2/c1-2-17(31)13-32-18-5-3-4-15(10-18)27-22-19-8-9-26-21(19)29-23(30-22)28-16-7-6-14(12-24)20(25)11-16/h3-12,24H,2,13,25H2,1H3,(H3,26,27,28,29,30). The van der Waals surface area contributed by atoms with Crippen molar-refractivity contribution < 1.29 is 9.53 Å². The minimum Gasteiger partial charge on any atom is -0.486 e. The molecular weight excluding hydrogens is 406 g/mol. The number of aromatic amines is 1. The number of rotatable bonds is 9. The van der Waals surface area contributed by atoms with E-state index < -0.39 is 0 Å². The lowest BCUT2D eigenvalue weighted by atomic mass is 10.2. The number of anilines is 5. The molecule has 2 aromatic heterocycles. The number of H-pyrrole nitrogens is 1. The summed E-state index contributed by atoms with van der Waals surface area (Å²) in [4.78, 5) is 23.8. The van der Waals surface area contributed by atoms with Gasteiger partial charge in [0.1, 0.15) is 23.8 Å². The van der Waals surface area contributed by atoms with Crippen molar-refractivity contribution in [2.45, 2.75) is 13.3 Å². The van der Waals surface area contributed by atoms with E-state index in [4.69, 9.17) is 15.9 Å². The van der Waals surface area contributed by atoms with Crippen LogP contribution < -0.4 is 21.1 Å². The van der Waals surface area contributed by atoms with Crippen molar-refractivity contribution >= 4 is 51.9 Å². The minimum atomic E-state index is 0.0400. The Balaban J connectivity index is 1.59. The number of nitrogens with zero attached hydrogens (tertiary/aromatic N) is 2. The predicted molar refractivity (Wildman–Crippen MR) is 126 cm³/mol. The zero-order chi connectivity index (χ0) is 22.5. The van der Waals surface area contributed by atoms with E-state index in [1.54, 1.807) is 24.4 Å². The van der Waals surface area contributed by atoms with Gasteiger partial charge in [0.25, 0.3) is 0 Å². The number of fused-ring (bicyclic) bond motifs is 1. The van der Waals surface area contributed by atoms with E-state index in [9.17, 15) is 4.79 Å². The molecule has 0 amide bonds. The van der Waals surface area contributed by atoms with E-state index in [2.05, 4.69) is 25.6 Å². The van der Waals surface area contributed by atoms with Crippen LogP contribution in [-0.2, 0) is 4.79 Å². The Morgan fingerprint density at radius 3 is 2.78 bits per heavy atom. The molecule has 4 rings (SSSR count). The van der Waals surface area contributed by atoms with Crippen LogP contribution in [0.1, 0.15) is 18.9 Å². The van der Waals surface area contributed by atoms with Gasteiger partial charge in [0.2, 0.25) is 5.95 Å². The number of carbonyl (C=O) groups is 1. The number of carbonyl (C=O) groups excluding carboxylic acids is 1. The van der Waals surface area contributed by atoms with Gasteiger partial charge < -0.3 is 31.5 Å². The summed E-state index contributed by atoms with van der Waals surface area (Å²) in [6, 6.07) is 14.5. The molecule has 0 aliphatic carbocycles. The summed E-state index contributed by atoms with van der Waals surface area (Å²) in [7, 11) is 0. The molecule has 0 fully saturated rings. The van der Waals surface area contributed by atoms with Crippen molar-refractivity contribution in [3.63, 3.8) is 0 Å². The summed E-state index contributed by atoms with van der Waals surface area (Å²) in [6.45, 7) is 1.85. The van der Waals surface area contributed by atoms with E-state index in [1.807, 2.05) is 37.3 Å². The number of hydrogen-bond acceptors (Lipinski definition) is 8. The van der Waals surface area contributed by atoms with Crippen molar-refractivity contribution in [1.29, 1.82) is 5.41 Å². The third-order valence-corrected chi connectivity index (χ3v) is 4.81. The highest BCUT2D eigenvalue weighted by atomic mass is 16.5. The second-order valence-corrected chi connectivity index (χ2v) is 7.08. The lowest BCUT2D eigenvalue weighted by Gasteiger charge is -2.12. The Morgan fingerprint density at radius 1 is 1.16 bits per heavy atom. The largest absolute Gasteiger partial charge is 0.486 e. The third kappa shape index (κ3) is 4.67. The lowest BCUT2D eigenvalue weighted by molar-refractivity contribution is -0.120. The normalized spacial score (nSPS) is 10.7. The van der Waals surface area contributed by atoms with Crippen LogP contribution in [0.3, 0.4) is 0 Å². The predicted octanol–water partition coefficient (Wildman–Crippen LogP) is 4.38. The zero-order valence-electron chi connectivity index (χ0n) is 17.5. The van der Waals surface area contributed by atoms with Crippen LogP contribution in [0, 0.1) is 5.41 Å². The Labute approximate surface area is 184 Å². The smallest absolute Gasteiger partial charge is 0.231 e. The molecule has 32 heavy (non-hydrogen) atoms. The molecule has 9 heteroatoms. The fourth-order valence-electron chi connectivity index (χ4n) is 3.07. The fourth-order valence-corrected chi connectivity index (χ4v) is 3.07. The Hall–Kier alpha value is -4.40. The SMILES string of the molecule is CCC(=O)COc1cccc(Nc2nc(Nc3ccc(C=N)c(N)c3)nc3[nH]ccc23)c1. The number of aromatic nitrogens is 3. The summed E-state index contributed by atoms with van der Waals surface area (Å²) in [5.41, 5.74) is 9.24. The average molecular weight is 429 g/mol. The van der Waals surface area contributed by atoms with Gasteiger partial charge in [-0.15, -0.1) is 0 Å². The maximum atomic E-state index is 11.5. The molecule has 0 saturated carbocycles. The van der Waals surface area contributed by atoms with Crippen molar-refractivity contribution in [3.8, 4) is 5.75 Å². The number of nitrogen functional groups attached to an aromatic ring is 1. The topological polar surface area (TPSA) is 142 Å². The molecule has 0 unspecified atom stereocenters. The highest BCUT2D eigenvalue weighted by molar-refractivity contribution is 5.91. The van der Waals surface area contributed by atoms with E-state index in [1.165, 1.54) is 6.21 Å². The Morgan fingerprint density at radius 2 is 2.00 bits per heavy atom. The van der Waals surface area contributed by atoms with Crippen LogP contribution in [0.2, 0.25) is 0 Å². The molecule has 0 aliphatic heterocycles.